The van der Waals surface area contributed by atoms with E-state index in [2.05, 4.69) is 58.5 Å². The largest absolute Gasteiger partial charge is 0.478 e. The summed E-state index contributed by atoms with van der Waals surface area (Å²) in [4.78, 5) is 14.4. The number of para-hydroxylation sites is 1. The van der Waals surface area contributed by atoms with Gasteiger partial charge in [0.1, 0.15) is 0 Å². The van der Waals surface area contributed by atoms with Crippen molar-refractivity contribution in [2.24, 2.45) is 5.41 Å². The maximum Gasteiger partial charge on any atom is 0.335 e. The minimum atomic E-state index is -0.843. The standard InChI is InChI=1S/C32H37N3O2/c1-3-33(2)17-23-18-34-19-32(14-15-32)20-35-27-16-22(31(36)37)12-13-25(27)28(21-8-5-4-6-9-21)30(35)26-11-7-10-24(23)29(26)34/h7,10-13,16,18,21H,3-6,8-9,14-15,17,19-20H2,1-2H3,(H,36,37). The molecule has 0 amide bonds. The van der Waals surface area contributed by atoms with E-state index in [1.165, 1.54) is 83.6 Å². The summed E-state index contributed by atoms with van der Waals surface area (Å²) in [6.07, 6.45) is 11.2. The van der Waals surface area contributed by atoms with Crippen molar-refractivity contribution >= 4 is 27.8 Å². The number of benzene rings is 2. The van der Waals surface area contributed by atoms with Crippen LogP contribution in [0.2, 0.25) is 0 Å². The number of nitrogens with zero attached hydrogens (tertiary/aromatic N) is 3. The van der Waals surface area contributed by atoms with Gasteiger partial charge in [0.25, 0.3) is 0 Å². The van der Waals surface area contributed by atoms with Crippen LogP contribution in [0.4, 0.5) is 0 Å². The van der Waals surface area contributed by atoms with Gasteiger partial charge in [-0.3, -0.25) is 0 Å². The number of carboxylic acid groups (broad SMARTS) is 1. The second-order valence-electron chi connectivity index (χ2n) is 12.0. The van der Waals surface area contributed by atoms with Crippen LogP contribution in [0.1, 0.15) is 79.3 Å². The Bertz CT molecular complexity index is 1530. The minimum Gasteiger partial charge on any atom is -0.478 e. The molecule has 0 radical (unpaired) electrons. The zero-order valence-corrected chi connectivity index (χ0v) is 22.1. The van der Waals surface area contributed by atoms with Gasteiger partial charge in [0, 0.05) is 53.1 Å². The first-order valence-electron chi connectivity index (χ1n) is 14.2. The molecule has 2 fully saturated rings. The monoisotopic (exact) mass is 495 g/mol. The molecule has 2 aromatic heterocycles. The van der Waals surface area contributed by atoms with E-state index in [0.29, 0.717) is 11.5 Å². The Morgan fingerprint density at radius 1 is 1.08 bits per heavy atom. The second-order valence-corrected chi connectivity index (χ2v) is 12.0. The molecule has 2 saturated carbocycles. The minimum absolute atomic E-state index is 0.247. The number of carbonyl (C=O) groups is 1. The van der Waals surface area contributed by atoms with Crippen LogP contribution in [0.3, 0.4) is 0 Å². The molecule has 0 unspecified atom stereocenters. The Kier molecular flexibility index (Phi) is 5.30. The summed E-state index contributed by atoms with van der Waals surface area (Å²) in [5.74, 6) is -0.313. The van der Waals surface area contributed by atoms with Crippen LogP contribution in [0, 0.1) is 5.41 Å². The highest BCUT2D eigenvalue weighted by atomic mass is 16.4. The molecule has 2 aliphatic carbocycles. The number of aromatic nitrogens is 2. The van der Waals surface area contributed by atoms with E-state index in [-0.39, 0.29) is 5.41 Å². The first kappa shape index (κ1) is 23.1. The van der Waals surface area contributed by atoms with Gasteiger partial charge in [0.05, 0.1) is 16.8 Å². The SMILES string of the molecule is CCN(C)Cc1cn2c3c(cccc13)-c1c(C3CCCCC3)c3ccc(C(=O)O)cc3n1CC1(CC1)C2. The summed E-state index contributed by atoms with van der Waals surface area (Å²) in [6.45, 7) is 6.21. The van der Waals surface area contributed by atoms with E-state index < -0.39 is 5.97 Å². The molecular weight excluding hydrogens is 458 g/mol. The molecule has 192 valence electrons. The third-order valence-corrected chi connectivity index (χ3v) is 9.54. The predicted molar refractivity (Wildman–Crippen MR) is 149 cm³/mol. The molecule has 7 rings (SSSR count). The third kappa shape index (κ3) is 3.65. The molecule has 2 aromatic carbocycles. The van der Waals surface area contributed by atoms with Gasteiger partial charge < -0.3 is 19.1 Å². The van der Waals surface area contributed by atoms with Crippen LogP contribution < -0.4 is 0 Å². The molecule has 5 heteroatoms. The molecule has 5 nitrogen and oxygen atoms in total. The lowest BCUT2D eigenvalue weighted by molar-refractivity contribution is 0.0697. The molecule has 3 heterocycles. The molecule has 0 atom stereocenters. The van der Waals surface area contributed by atoms with Crippen molar-refractivity contribution < 1.29 is 9.90 Å². The molecule has 1 spiro atoms. The summed E-state index contributed by atoms with van der Waals surface area (Å²) in [6, 6.07) is 12.8. The van der Waals surface area contributed by atoms with Crippen molar-refractivity contribution in [1.82, 2.24) is 14.0 Å². The van der Waals surface area contributed by atoms with Gasteiger partial charge in [0.15, 0.2) is 0 Å². The van der Waals surface area contributed by atoms with Gasteiger partial charge in [-0.2, -0.15) is 0 Å². The maximum absolute atomic E-state index is 12.0. The summed E-state index contributed by atoms with van der Waals surface area (Å²) in [5.41, 5.74) is 8.68. The Morgan fingerprint density at radius 2 is 1.89 bits per heavy atom. The van der Waals surface area contributed by atoms with Crippen LogP contribution >= 0.6 is 0 Å². The van der Waals surface area contributed by atoms with Crippen molar-refractivity contribution in [3.8, 4) is 11.3 Å². The molecule has 4 aromatic rings. The van der Waals surface area contributed by atoms with E-state index >= 15 is 0 Å². The summed E-state index contributed by atoms with van der Waals surface area (Å²) >= 11 is 0. The fraction of sp³-hybridized carbons (Fsp3) is 0.469. The van der Waals surface area contributed by atoms with Crippen molar-refractivity contribution in [3.05, 3.63) is 59.3 Å². The Hall–Kier alpha value is -3.05. The molecular formula is C32H37N3O2. The highest BCUT2D eigenvalue weighted by Gasteiger charge is 2.46. The number of hydrogen-bond acceptors (Lipinski definition) is 2. The van der Waals surface area contributed by atoms with Gasteiger partial charge in [-0.15, -0.1) is 0 Å². The molecule has 1 N–H and O–H groups in total. The average Bonchev–Trinajstić information content (AvgIpc) is 3.49. The lowest BCUT2D eigenvalue weighted by Gasteiger charge is -2.27. The van der Waals surface area contributed by atoms with Crippen LogP contribution in [0.5, 0.6) is 0 Å². The number of rotatable bonds is 5. The first-order chi connectivity index (χ1) is 18.0. The molecule has 0 bridgehead atoms. The summed E-state index contributed by atoms with van der Waals surface area (Å²) in [5, 5.41) is 12.5. The quantitative estimate of drug-likeness (QED) is 0.317. The van der Waals surface area contributed by atoms with Crippen molar-refractivity contribution in [2.75, 3.05) is 13.6 Å². The highest BCUT2D eigenvalue weighted by Crippen LogP contribution is 2.54. The van der Waals surface area contributed by atoms with Crippen LogP contribution in [0.15, 0.2) is 42.6 Å². The Labute approximate surface area is 218 Å². The zero-order chi connectivity index (χ0) is 25.3. The van der Waals surface area contributed by atoms with Gasteiger partial charge in [-0.05, 0) is 68.5 Å². The molecule has 0 saturated heterocycles. The highest BCUT2D eigenvalue weighted by molar-refractivity contribution is 6.03. The average molecular weight is 496 g/mol. The maximum atomic E-state index is 12.0. The van der Waals surface area contributed by atoms with Crippen molar-refractivity contribution in [2.45, 2.75) is 77.4 Å². The van der Waals surface area contributed by atoms with Gasteiger partial charge >= 0.3 is 5.97 Å². The van der Waals surface area contributed by atoms with Gasteiger partial charge in [0.2, 0.25) is 0 Å². The smallest absolute Gasteiger partial charge is 0.335 e. The fourth-order valence-electron chi connectivity index (χ4n) is 7.29. The number of carboxylic acids is 1. The Morgan fingerprint density at radius 3 is 2.62 bits per heavy atom. The molecule has 3 aliphatic rings. The summed E-state index contributed by atoms with van der Waals surface area (Å²) < 4.78 is 5.12. The first-order valence-corrected chi connectivity index (χ1v) is 14.2. The van der Waals surface area contributed by atoms with E-state index in [1.807, 2.05) is 12.1 Å². The Balaban J connectivity index is 1.56. The van der Waals surface area contributed by atoms with E-state index in [1.54, 1.807) is 0 Å². The zero-order valence-electron chi connectivity index (χ0n) is 22.1. The van der Waals surface area contributed by atoms with Crippen LogP contribution in [-0.4, -0.2) is 38.7 Å². The fourth-order valence-corrected chi connectivity index (χ4v) is 7.29. The van der Waals surface area contributed by atoms with E-state index in [0.717, 1.165) is 31.7 Å². The normalized spacial score (nSPS) is 18.9. The molecule has 1 aliphatic heterocycles. The summed E-state index contributed by atoms with van der Waals surface area (Å²) in [7, 11) is 2.20. The van der Waals surface area contributed by atoms with E-state index in [9.17, 15) is 9.90 Å². The van der Waals surface area contributed by atoms with Gasteiger partial charge in [-0.1, -0.05) is 50.5 Å². The second kappa shape index (κ2) is 8.49. The van der Waals surface area contributed by atoms with Crippen molar-refractivity contribution in [1.29, 1.82) is 0 Å². The topological polar surface area (TPSA) is 50.4 Å². The number of fused-ring (bicyclic) bond motifs is 4. The number of aromatic carboxylic acids is 1. The van der Waals surface area contributed by atoms with Crippen LogP contribution in [-0.2, 0) is 19.6 Å². The molecule has 37 heavy (non-hydrogen) atoms. The van der Waals surface area contributed by atoms with Gasteiger partial charge in [-0.25, -0.2) is 4.79 Å². The lowest BCUT2D eigenvalue weighted by atomic mass is 9.81. The van der Waals surface area contributed by atoms with Crippen molar-refractivity contribution in [3.63, 3.8) is 0 Å². The number of hydrogen-bond donors (Lipinski definition) is 1. The third-order valence-electron chi connectivity index (χ3n) is 9.54. The van der Waals surface area contributed by atoms with Crippen LogP contribution in [0.25, 0.3) is 33.1 Å². The predicted octanol–water partition coefficient (Wildman–Crippen LogP) is 7.25. The van der Waals surface area contributed by atoms with E-state index in [4.69, 9.17) is 0 Å². The lowest BCUT2D eigenvalue weighted by Crippen LogP contribution is -2.21.